The number of amides is 2. The van der Waals surface area contributed by atoms with Gasteiger partial charge in [-0.25, -0.2) is 0 Å². The number of esters is 1. The van der Waals surface area contributed by atoms with Crippen LogP contribution in [0.15, 0.2) is 48.5 Å². The molecule has 0 saturated carbocycles. The summed E-state index contributed by atoms with van der Waals surface area (Å²) < 4.78 is 5.11. The molecule has 2 aromatic carbocycles. The number of ether oxygens (including phenoxy) is 1. The molecule has 0 aliphatic carbocycles. The molecule has 1 atom stereocenters. The average molecular weight is 410 g/mol. The molecule has 3 N–H and O–H groups in total. The van der Waals surface area contributed by atoms with Crippen molar-refractivity contribution in [2.75, 3.05) is 5.32 Å². The van der Waals surface area contributed by atoms with E-state index in [2.05, 4.69) is 12.2 Å². The van der Waals surface area contributed by atoms with Gasteiger partial charge in [0.25, 0.3) is 5.91 Å². The van der Waals surface area contributed by atoms with Crippen molar-refractivity contribution < 1.29 is 23.9 Å². The number of hydrogen-bond acceptors (Lipinski definition) is 5. The Morgan fingerprint density at radius 2 is 1.53 bits per heavy atom. The van der Waals surface area contributed by atoms with Crippen molar-refractivity contribution in [2.24, 2.45) is 5.73 Å². The summed E-state index contributed by atoms with van der Waals surface area (Å²) >= 11 is 0. The van der Waals surface area contributed by atoms with Crippen LogP contribution in [0.5, 0.6) is 0 Å². The van der Waals surface area contributed by atoms with Gasteiger partial charge < -0.3 is 15.8 Å². The van der Waals surface area contributed by atoms with Crippen molar-refractivity contribution in [1.82, 2.24) is 0 Å². The van der Waals surface area contributed by atoms with Crippen LogP contribution >= 0.6 is 0 Å². The lowest BCUT2D eigenvalue weighted by molar-refractivity contribution is -0.153. The molecule has 0 bridgehead atoms. The zero-order valence-corrected chi connectivity index (χ0v) is 17.1. The first kappa shape index (κ1) is 22.8. The van der Waals surface area contributed by atoms with Gasteiger partial charge in [-0.05, 0) is 43.2 Å². The summed E-state index contributed by atoms with van der Waals surface area (Å²) in [6.07, 6.45) is 0.853. The van der Waals surface area contributed by atoms with Crippen molar-refractivity contribution in [3.63, 3.8) is 0 Å². The Morgan fingerprint density at radius 1 is 0.933 bits per heavy atom. The number of anilines is 1. The van der Waals surface area contributed by atoms with Crippen LogP contribution in [0, 0.1) is 0 Å². The van der Waals surface area contributed by atoms with Crippen LogP contribution in [-0.2, 0) is 20.7 Å². The van der Waals surface area contributed by atoms with Gasteiger partial charge >= 0.3 is 5.97 Å². The molecule has 30 heavy (non-hydrogen) atoms. The number of nitrogens with one attached hydrogen (secondary N) is 1. The third-order valence-electron chi connectivity index (χ3n) is 4.49. The fraction of sp³-hybridized carbons (Fsp3) is 0.304. The van der Waals surface area contributed by atoms with Crippen LogP contribution in [0.4, 0.5) is 5.69 Å². The highest BCUT2D eigenvalue weighted by Crippen LogP contribution is 2.12. The maximum absolute atomic E-state index is 12.2. The van der Waals surface area contributed by atoms with Crippen LogP contribution in [-0.4, -0.2) is 29.7 Å². The van der Waals surface area contributed by atoms with E-state index in [1.165, 1.54) is 31.2 Å². The zero-order chi connectivity index (χ0) is 22.1. The largest absolute Gasteiger partial charge is 0.453 e. The molecule has 0 spiro atoms. The van der Waals surface area contributed by atoms with E-state index in [0.717, 1.165) is 18.4 Å². The smallest absolute Gasteiger partial charge is 0.307 e. The first-order valence-electron chi connectivity index (χ1n) is 9.82. The second-order valence-corrected chi connectivity index (χ2v) is 6.93. The van der Waals surface area contributed by atoms with E-state index < -0.39 is 23.9 Å². The normalized spacial score (nSPS) is 11.4. The van der Waals surface area contributed by atoms with Gasteiger partial charge in [0.15, 0.2) is 11.9 Å². The molecule has 0 radical (unpaired) electrons. The van der Waals surface area contributed by atoms with Crippen LogP contribution in [0.3, 0.4) is 0 Å². The summed E-state index contributed by atoms with van der Waals surface area (Å²) in [4.78, 5) is 47.5. The van der Waals surface area contributed by atoms with Gasteiger partial charge in [-0.1, -0.05) is 37.6 Å². The summed E-state index contributed by atoms with van der Waals surface area (Å²) in [5.74, 6) is -1.87. The standard InChI is InChI=1S/C23H26N2O5/c1-3-4-16-5-7-17(8-6-16)20(26)13-14-21(27)30-15(2)23(29)25-19-11-9-18(10-12-19)22(24)28/h5-12,15H,3-4,13-14H2,1-2H3,(H2,24,28)(H,25,29)/t15-/m0/s1. The Kier molecular flexibility index (Phi) is 8.29. The molecule has 0 aliphatic rings. The van der Waals surface area contributed by atoms with Crippen molar-refractivity contribution in [1.29, 1.82) is 0 Å². The number of Topliss-reactive ketones (excluding diaryl/α,β-unsaturated/α-hetero) is 1. The van der Waals surface area contributed by atoms with Gasteiger partial charge in [0, 0.05) is 23.2 Å². The first-order chi connectivity index (χ1) is 14.3. The summed E-state index contributed by atoms with van der Waals surface area (Å²) in [6.45, 7) is 3.53. The molecule has 7 nitrogen and oxygen atoms in total. The minimum absolute atomic E-state index is 0.00881. The number of hydrogen-bond donors (Lipinski definition) is 2. The number of carbonyl (C=O) groups is 4. The Labute approximate surface area is 175 Å². The fourth-order valence-corrected chi connectivity index (χ4v) is 2.78. The predicted octanol–water partition coefficient (Wildman–Crippen LogP) is 3.27. The molecule has 2 amide bonds. The molecular weight excluding hydrogens is 384 g/mol. The fourth-order valence-electron chi connectivity index (χ4n) is 2.78. The maximum atomic E-state index is 12.2. The second-order valence-electron chi connectivity index (χ2n) is 6.93. The number of carbonyl (C=O) groups excluding carboxylic acids is 4. The molecule has 0 heterocycles. The molecule has 7 heteroatoms. The lowest BCUT2D eigenvalue weighted by atomic mass is 10.0. The van der Waals surface area contributed by atoms with E-state index in [4.69, 9.17) is 10.5 Å². The molecule has 158 valence electrons. The number of rotatable bonds is 10. The van der Waals surface area contributed by atoms with Crippen LogP contribution in [0.1, 0.15) is 59.4 Å². The zero-order valence-electron chi connectivity index (χ0n) is 17.1. The van der Waals surface area contributed by atoms with Gasteiger partial charge in [-0.2, -0.15) is 0 Å². The predicted molar refractivity (Wildman–Crippen MR) is 113 cm³/mol. The van der Waals surface area contributed by atoms with Crippen LogP contribution in [0.25, 0.3) is 0 Å². The third kappa shape index (κ3) is 6.84. The second kappa shape index (κ2) is 10.9. The SMILES string of the molecule is CCCc1ccc(C(=O)CCC(=O)O[C@@H](C)C(=O)Nc2ccc(C(N)=O)cc2)cc1. The van der Waals surface area contributed by atoms with Gasteiger partial charge in [0.05, 0.1) is 6.42 Å². The molecule has 0 aliphatic heterocycles. The van der Waals surface area contributed by atoms with E-state index in [-0.39, 0.29) is 18.6 Å². The number of primary amides is 1. The van der Waals surface area contributed by atoms with Crippen molar-refractivity contribution in [3.05, 3.63) is 65.2 Å². The van der Waals surface area contributed by atoms with Crippen LogP contribution in [0.2, 0.25) is 0 Å². The van der Waals surface area contributed by atoms with Crippen LogP contribution < -0.4 is 11.1 Å². The Morgan fingerprint density at radius 3 is 2.10 bits per heavy atom. The Balaban J connectivity index is 1.79. The van der Waals surface area contributed by atoms with E-state index in [1.807, 2.05) is 12.1 Å². The summed E-state index contributed by atoms with van der Waals surface area (Å²) in [5, 5.41) is 2.58. The minimum Gasteiger partial charge on any atom is -0.453 e. The molecule has 0 aromatic heterocycles. The first-order valence-corrected chi connectivity index (χ1v) is 9.82. The lowest BCUT2D eigenvalue weighted by Crippen LogP contribution is -2.30. The summed E-state index contributed by atoms with van der Waals surface area (Å²) in [6, 6.07) is 13.4. The van der Waals surface area contributed by atoms with Gasteiger partial charge in [0.2, 0.25) is 5.91 Å². The highest BCUT2D eigenvalue weighted by molar-refractivity contribution is 5.98. The Bertz CT molecular complexity index is 904. The van der Waals surface area contributed by atoms with Gasteiger partial charge in [0.1, 0.15) is 0 Å². The summed E-state index contributed by atoms with van der Waals surface area (Å²) in [5.41, 5.74) is 7.64. The number of benzene rings is 2. The average Bonchev–Trinajstić information content (AvgIpc) is 2.73. The van der Waals surface area contributed by atoms with Crippen molar-refractivity contribution in [2.45, 2.75) is 45.6 Å². The molecule has 0 saturated heterocycles. The topological polar surface area (TPSA) is 116 Å². The molecule has 2 rings (SSSR count). The highest BCUT2D eigenvalue weighted by Gasteiger charge is 2.19. The highest BCUT2D eigenvalue weighted by atomic mass is 16.5. The molecular formula is C23H26N2O5. The lowest BCUT2D eigenvalue weighted by Gasteiger charge is -2.13. The molecule has 0 fully saturated rings. The Hall–Kier alpha value is -3.48. The van der Waals surface area contributed by atoms with Crippen molar-refractivity contribution in [3.8, 4) is 0 Å². The maximum Gasteiger partial charge on any atom is 0.307 e. The number of ketones is 1. The molecule has 0 unspecified atom stereocenters. The third-order valence-corrected chi connectivity index (χ3v) is 4.49. The van der Waals surface area contributed by atoms with E-state index in [1.54, 1.807) is 12.1 Å². The monoisotopic (exact) mass is 410 g/mol. The minimum atomic E-state index is -1.03. The number of aryl methyl sites for hydroxylation is 1. The van der Waals surface area contributed by atoms with E-state index in [9.17, 15) is 19.2 Å². The van der Waals surface area contributed by atoms with E-state index in [0.29, 0.717) is 16.8 Å². The quantitative estimate of drug-likeness (QED) is 0.461. The van der Waals surface area contributed by atoms with Crippen molar-refractivity contribution >= 4 is 29.3 Å². The van der Waals surface area contributed by atoms with E-state index >= 15 is 0 Å². The summed E-state index contributed by atoms with van der Waals surface area (Å²) in [7, 11) is 0. The molecule has 2 aromatic rings. The number of nitrogens with two attached hydrogens (primary N) is 1. The van der Waals surface area contributed by atoms with Gasteiger partial charge in [-0.3, -0.25) is 19.2 Å². The van der Waals surface area contributed by atoms with Gasteiger partial charge in [-0.15, -0.1) is 0 Å².